The second kappa shape index (κ2) is 10.4. The maximum atomic E-state index is 12.5. The van der Waals surface area contributed by atoms with Gasteiger partial charge in [-0.1, -0.05) is 12.1 Å². The van der Waals surface area contributed by atoms with Crippen LogP contribution in [0.1, 0.15) is 19.3 Å². The van der Waals surface area contributed by atoms with Gasteiger partial charge in [0.25, 0.3) is 12.3 Å². The van der Waals surface area contributed by atoms with Crippen LogP contribution in [-0.4, -0.2) is 75.6 Å². The third kappa shape index (κ3) is 6.03. The van der Waals surface area contributed by atoms with E-state index in [4.69, 9.17) is 4.74 Å². The number of hydrogen-bond donors (Lipinski definition) is 2. The zero-order chi connectivity index (χ0) is 20.6. The summed E-state index contributed by atoms with van der Waals surface area (Å²) in [5.74, 6) is 1.39. The second-order valence-corrected chi connectivity index (χ2v) is 7.26. The SMILES string of the molecule is CN=C(NCCCN1C(=O)COc2ccccc21)NC1CCN(CC(F)F)CC1. The van der Waals surface area contributed by atoms with E-state index in [1.54, 1.807) is 16.8 Å². The number of carbonyl (C=O) groups excluding carboxylic acids is 1. The molecule has 7 nitrogen and oxygen atoms in total. The van der Waals surface area contributed by atoms with Crippen molar-refractivity contribution < 1.29 is 18.3 Å². The van der Waals surface area contributed by atoms with E-state index in [2.05, 4.69) is 15.6 Å². The topological polar surface area (TPSA) is 69.2 Å². The highest BCUT2D eigenvalue weighted by Gasteiger charge is 2.25. The fraction of sp³-hybridized carbons (Fsp3) is 0.600. The number of piperidine rings is 1. The van der Waals surface area contributed by atoms with Crippen LogP contribution >= 0.6 is 0 Å². The molecule has 9 heteroatoms. The zero-order valence-corrected chi connectivity index (χ0v) is 16.7. The fourth-order valence-electron chi connectivity index (χ4n) is 3.69. The van der Waals surface area contributed by atoms with Crippen molar-refractivity contribution in [1.29, 1.82) is 0 Å². The van der Waals surface area contributed by atoms with Crippen molar-refractivity contribution >= 4 is 17.6 Å². The molecule has 1 amide bonds. The Morgan fingerprint density at radius 1 is 1.31 bits per heavy atom. The summed E-state index contributed by atoms with van der Waals surface area (Å²) in [7, 11) is 1.71. The van der Waals surface area contributed by atoms with Gasteiger partial charge < -0.3 is 20.3 Å². The molecule has 1 aromatic rings. The maximum absolute atomic E-state index is 12.5. The number of guanidine groups is 1. The summed E-state index contributed by atoms with van der Waals surface area (Å²) in [6.45, 7) is 2.50. The van der Waals surface area contributed by atoms with Gasteiger partial charge in [-0.3, -0.25) is 14.7 Å². The summed E-state index contributed by atoms with van der Waals surface area (Å²) in [6, 6.07) is 7.77. The standard InChI is InChI=1S/C20H29F2N5O2/c1-23-20(25-15-7-11-26(12-8-15)13-18(21)22)24-9-4-10-27-16-5-2-3-6-17(16)29-14-19(27)28/h2-3,5-6,15,18H,4,7-14H2,1H3,(H2,23,24,25). The summed E-state index contributed by atoms with van der Waals surface area (Å²) < 4.78 is 30.4. The highest BCUT2D eigenvalue weighted by Crippen LogP contribution is 2.31. The Hall–Kier alpha value is -2.42. The normalized spacial score (nSPS) is 18.6. The van der Waals surface area contributed by atoms with E-state index in [9.17, 15) is 13.6 Å². The summed E-state index contributed by atoms with van der Waals surface area (Å²) in [5.41, 5.74) is 0.807. The van der Waals surface area contributed by atoms with Gasteiger partial charge in [-0.15, -0.1) is 0 Å². The average molecular weight is 409 g/mol. The first-order valence-corrected chi connectivity index (χ1v) is 10.1. The molecular formula is C20H29F2N5O2. The van der Waals surface area contributed by atoms with Gasteiger partial charge in [0.05, 0.1) is 12.2 Å². The Bertz CT molecular complexity index is 708. The number of fused-ring (bicyclic) bond motifs is 1. The van der Waals surface area contributed by atoms with Gasteiger partial charge in [-0.2, -0.15) is 0 Å². The monoisotopic (exact) mass is 409 g/mol. The van der Waals surface area contributed by atoms with Gasteiger partial charge in [-0.25, -0.2) is 8.78 Å². The van der Waals surface area contributed by atoms with Crippen LogP contribution in [0.3, 0.4) is 0 Å². The molecular weight excluding hydrogens is 380 g/mol. The van der Waals surface area contributed by atoms with E-state index < -0.39 is 6.43 Å². The van der Waals surface area contributed by atoms with Gasteiger partial charge in [0.15, 0.2) is 12.6 Å². The molecule has 0 unspecified atom stereocenters. The van der Waals surface area contributed by atoms with Gasteiger partial charge >= 0.3 is 0 Å². The van der Waals surface area contributed by atoms with Crippen molar-refractivity contribution in [2.45, 2.75) is 31.7 Å². The number of ether oxygens (including phenoxy) is 1. The average Bonchev–Trinajstić information content (AvgIpc) is 2.72. The Balaban J connectivity index is 1.39. The number of amides is 1. The lowest BCUT2D eigenvalue weighted by molar-refractivity contribution is -0.121. The van der Waals surface area contributed by atoms with Gasteiger partial charge in [0, 0.05) is 39.3 Å². The molecule has 2 N–H and O–H groups in total. The number of anilines is 1. The van der Waals surface area contributed by atoms with Crippen LogP contribution in [0.4, 0.5) is 14.5 Å². The highest BCUT2D eigenvalue weighted by atomic mass is 19.3. The molecule has 1 aromatic carbocycles. The first-order valence-electron chi connectivity index (χ1n) is 10.1. The maximum Gasteiger partial charge on any atom is 0.265 e. The number of nitrogens with zero attached hydrogens (tertiary/aromatic N) is 3. The number of aliphatic imine (C=N–C) groups is 1. The van der Waals surface area contributed by atoms with Gasteiger partial charge in [0.2, 0.25) is 0 Å². The molecule has 3 rings (SSSR count). The molecule has 2 aliphatic rings. The summed E-state index contributed by atoms with van der Waals surface area (Å²) in [4.78, 5) is 20.0. The number of likely N-dealkylation sites (tertiary alicyclic amines) is 1. The predicted octanol–water partition coefficient (Wildman–Crippen LogP) is 1.70. The molecule has 29 heavy (non-hydrogen) atoms. The Morgan fingerprint density at radius 3 is 2.79 bits per heavy atom. The van der Waals surface area contributed by atoms with Crippen molar-refractivity contribution in [1.82, 2.24) is 15.5 Å². The third-order valence-corrected chi connectivity index (χ3v) is 5.21. The van der Waals surface area contributed by atoms with Crippen LogP contribution in [0.5, 0.6) is 5.75 Å². The summed E-state index contributed by atoms with van der Waals surface area (Å²) in [5, 5.41) is 6.64. The summed E-state index contributed by atoms with van der Waals surface area (Å²) >= 11 is 0. The first kappa shape index (κ1) is 21.3. The van der Waals surface area contributed by atoms with E-state index in [1.165, 1.54) is 0 Å². The lowest BCUT2D eigenvalue weighted by Gasteiger charge is -2.33. The van der Waals surface area contributed by atoms with E-state index in [1.807, 2.05) is 24.3 Å². The minimum absolute atomic E-state index is 0.0400. The molecule has 0 spiro atoms. The molecule has 0 saturated carbocycles. The molecule has 160 valence electrons. The van der Waals surface area contributed by atoms with Crippen LogP contribution in [-0.2, 0) is 4.79 Å². The smallest absolute Gasteiger partial charge is 0.265 e. The molecule has 2 aliphatic heterocycles. The number of nitrogens with one attached hydrogen (secondary N) is 2. The van der Waals surface area contributed by atoms with Gasteiger partial charge in [0.1, 0.15) is 5.75 Å². The van der Waals surface area contributed by atoms with Crippen LogP contribution in [0, 0.1) is 0 Å². The molecule has 0 atom stereocenters. The molecule has 1 saturated heterocycles. The predicted molar refractivity (Wildman–Crippen MR) is 109 cm³/mol. The largest absolute Gasteiger partial charge is 0.482 e. The third-order valence-electron chi connectivity index (χ3n) is 5.21. The number of carbonyl (C=O) groups is 1. The van der Waals surface area contributed by atoms with E-state index in [-0.39, 0.29) is 25.1 Å². The summed E-state index contributed by atoms with van der Waals surface area (Å²) in [6.07, 6.45) is 0.103. The van der Waals surface area contributed by atoms with Crippen LogP contribution in [0.2, 0.25) is 0 Å². The number of rotatable bonds is 7. The van der Waals surface area contributed by atoms with Crippen molar-refractivity contribution in [3.8, 4) is 5.75 Å². The zero-order valence-electron chi connectivity index (χ0n) is 16.7. The van der Waals surface area contributed by atoms with E-state index in [0.717, 1.165) is 30.7 Å². The van der Waals surface area contributed by atoms with Crippen LogP contribution < -0.4 is 20.3 Å². The molecule has 0 aromatic heterocycles. The van der Waals surface area contributed by atoms with Crippen LogP contribution in [0.15, 0.2) is 29.3 Å². The molecule has 0 radical (unpaired) electrons. The van der Waals surface area contributed by atoms with E-state index in [0.29, 0.717) is 32.1 Å². The van der Waals surface area contributed by atoms with Crippen molar-refractivity contribution in [2.75, 3.05) is 51.3 Å². The molecule has 0 aliphatic carbocycles. The van der Waals surface area contributed by atoms with E-state index >= 15 is 0 Å². The van der Waals surface area contributed by atoms with Gasteiger partial charge in [-0.05, 0) is 31.4 Å². The minimum Gasteiger partial charge on any atom is -0.482 e. The molecule has 2 heterocycles. The number of halogens is 2. The highest BCUT2D eigenvalue weighted by molar-refractivity contribution is 5.97. The minimum atomic E-state index is -2.28. The second-order valence-electron chi connectivity index (χ2n) is 7.26. The molecule has 0 bridgehead atoms. The lowest BCUT2D eigenvalue weighted by Crippen LogP contribution is -2.49. The quantitative estimate of drug-likeness (QED) is 0.408. The number of alkyl halides is 2. The number of para-hydroxylation sites is 2. The Kier molecular flexibility index (Phi) is 7.62. The Morgan fingerprint density at radius 2 is 2.07 bits per heavy atom. The first-order chi connectivity index (χ1) is 14.1. The molecule has 1 fully saturated rings. The number of benzene rings is 1. The Labute approximate surface area is 170 Å². The fourth-order valence-corrected chi connectivity index (χ4v) is 3.69. The van der Waals surface area contributed by atoms with Crippen LogP contribution in [0.25, 0.3) is 0 Å². The van der Waals surface area contributed by atoms with Crippen molar-refractivity contribution in [3.63, 3.8) is 0 Å². The van der Waals surface area contributed by atoms with Crippen molar-refractivity contribution in [2.24, 2.45) is 4.99 Å². The van der Waals surface area contributed by atoms with Crippen molar-refractivity contribution in [3.05, 3.63) is 24.3 Å². The number of hydrogen-bond acceptors (Lipinski definition) is 4. The lowest BCUT2D eigenvalue weighted by atomic mass is 10.1.